The van der Waals surface area contributed by atoms with Gasteiger partial charge in [-0.3, -0.25) is 4.98 Å². The maximum Gasteiger partial charge on any atom is 0.152 e. The first-order chi connectivity index (χ1) is 9.03. The van der Waals surface area contributed by atoms with Gasteiger partial charge in [-0.05, 0) is 30.7 Å². The minimum absolute atomic E-state index is 0.0202. The summed E-state index contributed by atoms with van der Waals surface area (Å²) in [7, 11) is -2.87. The number of nitrogens with two attached hydrogens (primary N) is 1. The second kappa shape index (κ2) is 4.38. The maximum atomic E-state index is 11.5. The van der Waals surface area contributed by atoms with Crippen molar-refractivity contribution in [2.75, 3.05) is 22.6 Å². The molecule has 0 bridgehead atoms. The van der Waals surface area contributed by atoms with Crippen LogP contribution < -0.4 is 11.1 Å². The van der Waals surface area contributed by atoms with Crippen LogP contribution in [-0.4, -0.2) is 30.9 Å². The topological polar surface area (TPSA) is 85.1 Å². The van der Waals surface area contributed by atoms with Crippen LogP contribution in [0.2, 0.25) is 0 Å². The molecule has 3 N–H and O–H groups in total. The first kappa shape index (κ1) is 12.2. The Labute approximate surface area is 111 Å². The molecule has 1 aromatic heterocycles. The van der Waals surface area contributed by atoms with Crippen molar-refractivity contribution in [3.63, 3.8) is 0 Å². The molecule has 2 aromatic rings. The minimum Gasteiger partial charge on any atom is -0.399 e. The third kappa shape index (κ3) is 2.49. The fraction of sp³-hybridized carbons (Fsp3) is 0.308. The largest absolute Gasteiger partial charge is 0.399 e. The van der Waals surface area contributed by atoms with Gasteiger partial charge in [-0.25, -0.2) is 8.42 Å². The number of aromatic nitrogens is 1. The van der Waals surface area contributed by atoms with Crippen LogP contribution in [0, 0.1) is 0 Å². The third-order valence-electron chi connectivity index (χ3n) is 3.36. The van der Waals surface area contributed by atoms with Crippen LogP contribution in [0.5, 0.6) is 0 Å². The first-order valence-electron chi connectivity index (χ1n) is 6.15. The number of benzene rings is 1. The van der Waals surface area contributed by atoms with Crippen LogP contribution in [0.1, 0.15) is 6.42 Å². The summed E-state index contributed by atoms with van der Waals surface area (Å²) in [5, 5.41) is 4.26. The lowest BCUT2D eigenvalue weighted by atomic mass is 10.1. The van der Waals surface area contributed by atoms with Crippen molar-refractivity contribution < 1.29 is 8.42 Å². The molecule has 6 heteroatoms. The number of sulfone groups is 1. The van der Waals surface area contributed by atoms with E-state index in [0.29, 0.717) is 12.1 Å². The van der Waals surface area contributed by atoms with Crippen molar-refractivity contribution in [2.45, 2.75) is 12.5 Å². The number of hydrogen-bond acceptors (Lipinski definition) is 5. The van der Waals surface area contributed by atoms with E-state index < -0.39 is 9.84 Å². The number of fused-ring (bicyclic) bond motifs is 1. The van der Waals surface area contributed by atoms with Gasteiger partial charge in [0.25, 0.3) is 0 Å². The minimum atomic E-state index is -2.87. The Balaban J connectivity index is 1.93. The number of nitrogen functional groups attached to an aromatic ring is 1. The van der Waals surface area contributed by atoms with Crippen molar-refractivity contribution in [3.8, 4) is 0 Å². The van der Waals surface area contributed by atoms with Crippen molar-refractivity contribution >= 4 is 32.1 Å². The highest BCUT2D eigenvalue weighted by Gasteiger charge is 2.27. The molecule has 2 heterocycles. The van der Waals surface area contributed by atoms with E-state index in [1.165, 1.54) is 0 Å². The number of anilines is 2. The second-order valence-corrected chi connectivity index (χ2v) is 7.11. The van der Waals surface area contributed by atoms with E-state index >= 15 is 0 Å². The Morgan fingerprint density at radius 1 is 1.32 bits per heavy atom. The normalized spacial score (nSPS) is 21.6. The highest BCUT2D eigenvalue weighted by atomic mass is 32.2. The van der Waals surface area contributed by atoms with Gasteiger partial charge in [-0.15, -0.1) is 0 Å². The number of nitrogens with zero attached hydrogens (tertiary/aromatic N) is 1. The molecule has 1 unspecified atom stereocenters. The molecule has 0 saturated carbocycles. The van der Waals surface area contributed by atoms with Crippen LogP contribution >= 0.6 is 0 Å². The predicted molar refractivity (Wildman–Crippen MR) is 76.8 cm³/mol. The SMILES string of the molecule is Nc1ccc2c(NC3CCS(=O)(=O)C3)ccnc2c1. The highest BCUT2D eigenvalue weighted by molar-refractivity contribution is 7.91. The molecule has 0 radical (unpaired) electrons. The van der Waals surface area contributed by atoms with Crippen LogP contribution in [-0.2, 0) is 9.84 Å². The van der Waals surface area contributed by atoms with E-state index in [-0.39, 0.29) is 17.5 Å². The van der Waals surface area contributed by atoms with E-state index in [1.807, 2.05) is 24.3 Å². The van der Waals surface area contributed by atoms with E-state index in [0.717, 1.165) is 16.6 Å². The Morgan fingerprint density at radius 3 is 2.89 bits per heavy atom. The summed E-state index contributed by atoms with van der Waals surface area (Å²) in [4.78, 5) is 4.27. The molecule has 1 aliphatic heterocycles. The molecule has 0 spiro atoms. The molecular weight excluding hydrogens is 262 g/mol. The quantitative estimate of drug-likeness (QED) is 0.811. The van der Waals surface area contributed by atoms with Crippen molar-refractivity contribution in [1.29, 1.82) is 0 Å². The Bertz CT molecular complexity index is 728. The molecule has 1 aliphatic rings. The van der Waals surface area contributed by atoms with Crippen molar-refractivity contribution in [2.24, 2.45) is 0 Å². The van der Waals surface area contributed by atoms with E-state index in [2.05, 4.69) is 10.3 Å². The summed E-state index contributed by atoms with van der Waals surface area (Å²) in [5.41, 5.74) is 8.12. The average Bonchev–Trinajstić information content (AvgIpc) is 2.68. The van der Waals surface area contributed by atoms with Gasteiger partial charge in [0.1, 0.15) is 0 Å². The van der Waals surface area contributed by atoms with Gasteiger partial charge >= 0.3 is 0 Å². The van der Waals surface area contributed by atoms with Crippen molar-refractivity contribution in [1.82, 2.24) is 4.98 Å². The van der Waals surface area contributed by atoms with Crippen LogP contribution in [0.3, 0.4) is 0 Å². The molecule has 1 fully saturated rings. The molecule has 0 aliphatic carbocycles. The van der Waals surface area contributed by atoms with E-state index in [1.54, 1.807) is 6.20 Å². The Morgan fingerprint density at radius 2 is 2.16 bits per heavy atom. The summed E-state index contributed by atoms with van der Waals surface area (Å²) >= 11 is 0. The number of hydrogen-bond donors (Lipinski definition) is 2. The van der Waals surface area contributed by atoms with Gasteiger partial charge in [0.15, 0.2) is 9.84 Å². The smallest absolute Gasteiger partial charge is 0.152 e. The van der Waals surface area contributed by atoms with Gasteiger partial charge in [0.05, 0.1) is 17.0 Å². The summed E-state index contributed by atoms with van der Waals surface area (Å²) < 4.78 is 22.9. The molecule has 5 nitrogen and oxygen atoms in total. The molecule has 1 aromatic carbocycles. The standard InChI is InChI=1S/C13H15N3O2S/c14-9-1-2-11-12(3-5-15-13(11)7-9)16-10-4-6-19(17,18)8-10/h1-3,5,7,10H,4,6,8,14H2,(H,15,16). The fourth-order valence-corrected chi connectivity index (χ4v) is 4.09. The lowest BCUT2D eigenvalue weighted by molar-refractivity contribution is 0.602. The Kier molecular flexibility index (Phi) is 2.82. The predicted octanol–water partition coefficient (Wildman–Crippen LogP) is 1.42. The van der Waals surface area contributed by atoms with E-state index in [9.17, 15) is 8.42 Å². The number of pyridine rings is 1. The first-order valence-corrected chi connectivity index (χ1v) is 7.97. The van der Waals surface area contributed by atoms with Gasteiger partial charge < -0.3 is 11.1 Å². The Hall–Kier alpha value is -1.82. The van der Waals surface area contributed by atoms with Gasteiger partial charge in [0.2, 0.25) is 0 Å². The zero-order chi connectivity index (χ0) is 13.5. The highest BCUT2D eigenvalue weighted by Crippen LogP contribution is 2.25. The van der Waals surface area contributed by atoms with Gasteiger partial charge in [0, 0.05) is 29.0 Å². The molecular formula is C13H15N3O2S. The summed E-state index contributed by atoms with van der Waals surface area (Å²) in [5.74, 6) is 0.465. The second-order valence-electron chi connectivity index (χ2n) is 4.88. The lowest BCUT2D eigenvalue weighted by Crippen LogP contribution is -2.20. The zero-order valence-electron chi connectivity index (χ0n) is 10.3. The number of rotatable bonds is 2. The molecule has 1 saturated heterocycles. The van der Waals surface area contributed by atoms with Crippen LogP contribution in [0.4, 0.5) is 11.4 Å². The van der Waals surface area contributed by atoms with Crippen LogP contribution in [0.15, 0.2) is 30.5 Å². The molecule has 0 amide bonds. The maximum absolute atomic E-state index is 11.5. The number of nitrogens with one attached hydrogen (secondary N) is 1. The van der Waals surface area contributed by atoms with Crippen molar-refractivity contribution in [3.05, 3.63) is 30.5 Å². The van der Waals surface area contributed by atoms with Crippen LogP contribution in [0.25, 0.3) is 10.9 Å². The molecule has 100 valence electrons. The van der Waals surface area contributed by atoms with Gasteiger partial charge in [-0.1, -0.05) is 0 Å². The average molecular weight is 277 g/mol. The molecule has 3 rings (SSSR count). The third-order valence-corrected chi connectivity index (χ3v) is 5.13. The molecule has 1 atom stereocenters. The fourth-order valence-electron chi connectivity index (χ4n) is 2.42. The summed E-state index contributed by atoms with van der Waals surface area (Å²) in [6, 6.07) is 7.38. The zero-order valence-corrected chi connectivity index (χ0v) is 11.2. The monoisotopic (exact) mass is 277 g/mol. The molecule has 19 heavy (non-hydrogen) atoms. The summed E-state index contributed by atoms with van der Waals surface area (Å²) in [6.07, 6.45) is 2.36. The van der Waals surface area contributed by atoms with Gasteiger partial charge in [-0.2, -0.15) is 0 Å². The lowest BCUT2D eigenvalue weighted by Gasteiger charge is -2.14. The summed E-state index contributed by atoms with van der Waals surface area (Å²) in [6.45, 7) is 0. The van der Waals surface area contributed by atoms with E-state index in [4.69, 9.17) is 5.73 Å².